The average molecular weight is 176 g/mol. The normalized spacial score (nSPS) is 21.5. The molecule has 0 spiro atoms. The van der Waals surface area contributed by atoms with Gasteiger partial charge in [-0.15, -0.1) is 0 Å². The zero-order chi connectivity index (χ0) is 9.10. The first kappa shape index (κ1) is 8.57. The molecule has 0 aromatic heterocycles. The van der Waals surface area contributed by atoms with Crippen LogP contribution >= 0.6 is 0 Å². The smallest absolute Gasteiger partial charge is 0.0376 e. The van der Waals surface area contributed by atoms with Gasteiger partial charge in [-0.2, -0.15) is 0 Å². The predicted octanol–water partition coefficient (Wildman–Crippen LogP) is 1.93. The molecule has 1 aromatic rings. The fourth-order valence-corrected chi connectivity index (χ4v) is 1.99. The number of hydrogen-bond donors (Lipinski definition) is 2. The minimum Gasteiger partial charge on any atom is -0.385 e. The number of fused-ring (bicyclic) bond motifs is 1. The number of para-hydroxylation sites is 1. The van der Waals surface area contributed by atoms with Gasteiger partial charge in [0.05, 0.1) is 0 Å². The van der Waals surface area contributed by atoms with Crippen LogP contribution in [0, 0.1) is 0 Å². The van der Waals surface area contributed by atoms with E-state index in [2.05, 4.69) is 29.6 Å². The minimum absolute atomic E-state index is 0.547. The molecular weight excluding hydrogens is 160 g/mol. The lowest BCUT2D eigenvalue weighted by molar-refractivity contribution is 0.626. The second kappa shape index (κ2) is 3.79. The number of nitrogens with two attached hydrogens (primary N) is 1. The van der Waals surface area contributed by atoms with Crippen molar-refractivity contribution in [1.82, 2.24) is 0 Å². The van der Waals surface area contributed by atoms with Crippen molar-refractivity contribution in [2.75, 3.05) is 18.4 Å². The van der Waals surface area contributed by atoms with Gasteiger partial charge in [0.15, 0.2) is 0 Å². The van der Waals surface area contributed by atoms with Crippen molar-refractivity contribution in [1.29, 1.82) is 0 Å². The van der Waals surface area contributed by atoms with E-state index >= 15 is 0 Å². The van der Waals surface area contributed by atoms with Gasteiger partial charge in [0, 0.05) is 12.2 Å². The highest BCUT2D eigenvalue weighted by Crippen LogP contribution is 2.29. The van der Waals surface area contributed by atoms with E-state index in [-0.39, 0.29) is 0 Å². The number of benzene rings is 1. The summed E-state index contributed by atoms with van der Waals surface area (Å²) in [5, 5.41) is 3.43. The first-order valence-corrected chi connectivity index (χ1v) is 4.94. The standard InChI is InChI=1S/C11H16N2/c12-8-9-4-3-7-13-11-6-2-1-5-10(9)11/h1-2,5-6,9,13H,3-4,7-8,12H2. The second-order valence-electron chi connectivity index (χ2n) is 3.59. The lowest BCUT2D eigenvalue weighted by Crippen LogP contribution is -2.11. The van der Waals surface area contributed by atoms with E-state index in [0.717, 1.165) is 13.1 Å². The number of anilines is 1. The van der Waals surface area contributed by atoms with Crippen molar-refractivity contribution in [3.8, 4) is 0 Å². The fraction of sp³-hybridized carbons (Fsp3) is 0.455. The zero-order valence-corrected chi connectivity index (χ0v) is 7.79. The average Bonchev–Trinajstić information content (AvgIpc) is 2.39. The summed E-state index contributed by atoms with van der Waals surface area (Å²) in [6.07, 6.45) is 2.43. The van der Waals surface area contributed by atoms with Crippen molar-refractivity contribution in [3.63, 3.8) is 0 Å². The second-order valence-corrected chi connectivity index (χ2v) is 3.59. The van der Waals surface area contributed by atoms with Crippen molar-refractivity contribution in [2.45, 2.75) is 18.8 Å². The maximum Gasteiger partial charge on any atom is 0.0376 e. The highest BCUT2D eigenvalue weighted by Gasteiger charge is 2.15. The lowest BCUT2D eigenvalue weighted by Gasteiger charge is -2.14. The van der Waals surface area contributed by atoms with Crippen molar-refractivity contribution < 1.29 is 0 Å². The van der Waals surface area contributed by atoms with Gasteiger partial charge in [-0.05, 0) is 36.9 Å². The quantitative estimate of drug-likeness (QED) is 0.686. The third-order valence-corrected chi connectivity index (χ3v) is 2.73. The monoisotopic (exact) mass is 176 g/mol. The molecule has 2 nitrogen and oxygen atoms in total. The molecule has 2 rings (SSSR count). The molecule has 0 saturated carbocycles. The summed E-state index contributed by atoms with van der Waals surface area (Å²) in [7, 11) is 0. The van der Waals surface area contributed by atoms with Gasteiger partial charge < -0.3 is 11.1 Å². The van der Waals surface area contributed by atoms with E-state index in [1.165, 1.54) is 24.1 Å². The van der Waals surface area contributed by atoms with Crippen LogP contribution in [-0.4, -0.2) is 13.1 Å². The van der Waals surface area contributed by atoms with Crippen LogP contribution in [0.1, 0.15) is 24.3 Å². The molecule has 1 heterocycles. The fourth-order valence-electron chi connectivity index (χ4n) is 1.99. The highest BCUT2D eigenvalue weighted by molar-refractivity contribution is 5.53. The summed E-state index contributed by atoms with van der Waals surface area (Å²) in [6, 6.07) is 8.49. The Kier molecular flexibility index (Phi) is 2.50. The summed E-state index contributed by atoms with van der Waals surface area (Å²) in [4.78, 5) is 0. The number of nitrogens with one attached hydrogen (secondary N) is 1. The molecule has 1 atom stereocenters. The molecule has 3 N–H and O–H groups in total. The Morgan fingerprint density at radius 3 is 3.08 bits per heavy atom. The molecule has 13 heavy (non-hydrogen) atoms. The van der Waals surface area contributed by atoms with E-state index in [0.29, 0.717) is 5.92 Å². The van der Waals surface area contributed by atoms with Gasteiger partial charge in [0.25, 0.3) is 0 Å². The molecule has 0 amide bonds. The van der Waals surface area contributed by atoms with Crippen LogP contribution in [-0.2, 0) is 0 Å². The maximum absolute atomic E-state index is 5.76. The first-order valence-electron chi connectivity index (χ1n) is 4.94. The molecule has 70 valence electrons. The van der Waals surface area contributed by atoms with E-state index < -0.39 is 0 Å². The zero-order valence-electron chi connectivity index (χ0n) is 7.79. The van der Waals surface area contributed by atoms with Gasteiger partial charge in [-0.25, -0.2) is 0 Å². The van der Waals surface area contributed by atoms with Crippen LogP contribution in [0.5, 0.6) is 0 Å². The van der Waals surface area contributed by atoms with Crippen LogP contribution in [0.15, 0.2) is 24.3 Å². The van der Waals surface area contributed by atoms with E-state index in [9.17, 15) is 0 Å². The third-order valence-electron chi connectivity index (χ3n) is 2.73. The molecule has 2 heteroatoms. The molecule has 1 aliphatic heterocycles. The van der Waals surface area contributed by atoms with Crippen molar-refractivity contribution in [3.05, 3.63) is 29.8 Å². The lowest BCUT2D eigenvalue weighted by atomic mass is 9.94. The van der Waals surface area contributed by atoms with Gasteiger partial charge >= 0.3 is 0 Å². The topological polar surface area (TPSA) is 38.0 Å². The summed E-state index contributed by atoms with van der Waals surface area (Å²) in [5.41, 5.74) is 8.42. The Morgan fingerprint density at radius 1 is 1.38 bits per heavy atom. The van der Waals surface area contributed by atoms with E-state index in [1.54, 1.807) is 0 Å². The highest BCUT2D eigenvalue weighted by atomic mass is 14.9. The molecule has 0 bridgehead atoms. The molecule has 1 aromatic carbocycles. The Bertz CT molecular complexity index is 283. The van der Waals surface area contributed by atoms with Crippen LogP contribution in [0.4, 0.5) is 5.69 Å². The Labute approximate surface area is 79.1 Å². The van der Waals surface area contributed by atoms with Crippen molar-refractivity contribution in [2.24, 2.45) is 5.73 Å². The molecule has 0 radical (unpaired) electrons. The summed E-state index contributed by atoms with van der Waals surface area (Å²) >= 11 is 0. The van der Waals surface area contributed by atoms with Gasteiger partial charge in [-0.1, -0.05) is 18.2 Å². The van der Waals surface area contributed by atoms with Crippen LogP contribution in [0.25, 0.3) is 0 Å². The molecule has 0 fully saturated rings. The molecular formula is C11H16N2. The minimum atomic E-state index is 0.547. The van der Waals surface area contributed by atoms with Crippen LogP contribution < -0.4 is 11.1 Å². The van der Waals surface area contributed by atoms with Gasteiger partial charge in [-0.3, -0.25) is 0 Å². The molecule has 0 saturated heterocycles. The number of rotatable bonds is 1. The summed E-state index contributed by atoms with van der Waals surface area (Å²) < 4.78 is 0. The Morgan fingerprint density at radius 2 is 2.23 bits per heavy atom. The first-order chi connectivity index (χ1) is 6.42. The number of hydrogen-bond acceptors (Lipinski definition) is 2. The Hall–Kier alpha value is -1.02. The molecule has 0 aliphatic carbocycles. The summed E-state index contributed by atoms with van der Waals surface area (Å²) in [5.74, 6) is 0.547. The van der Waals surface area contributed by atoms with Crippen molar-refractivity contribution >= 4 is 5.69 Å². The third kappa shape index (κ3) is 1.68. The van der Waals surface area contributed by atoms with E-state index in [1.807, 2.05) is 0 Å². The largest absolute Gasteiger partial charge is 0.385 e. The Balaban J connectivity index is 2.35. The van der Waals surface area contributed by atoms with Crippen LogP contribution in [0.2, 0.25) is 0 Å². The maximum atomic E-state index is 5.76. The summed E-state index contributed by atoms with van der Waals surface area (Å²) in [6.45, 7) is 1.84. The van der Waals surface area contributed by atoms with Gasteiger partial charge in [0.1, 0.15) is 0 Å². The van der Waals surface area contributed by atoms with Crippen LogP contribution in [0.3, 0.4) is 0 Å². The van der Waals surface area contributed by atoms with E-state index in [4.69, 9.17) is 5.73 Å². The predicted molar refractivity (Wildman–Crippen MR) is 56.0 cm³/mol. The molecule has 1 unspecified atom stereocenters. The SMILES string of the molecule is NCC1CCCNc2ccccc21. The molecule has 1 aliphatic rings. The van der Waals surface area contributed by atoms with Gasteiger partial charge in [0.2, 0.25) is 0 Å².